The Morgan fingerprint density at radius 2 is 2.06 bits per heavy atom. The summed E-state index contributed by atoms with van der Waals surface area (Å²) in [6.45, 7) is 8.83. The number of piperidine rings is 1. The van der Waals surface area contributed by atoms with Crippen LogP contribution >= 0.6 is 15.9 Å². The zero-order valence-electron chi connectivity index (χ0n) is 11.4. The van der Waals surface area contributed by atoms with Gasteiger partial charge in [-0.05, 0) is 43.0 Å². The quantitative estimate of drug-likeness (QED) is 0.910. The molecule has 1 aromatic rings. The topological polar surface area (TPSA) is 15.3 Å². The fourth-order valence-corrected chi connectivity index (χ4v) is 2.91. The van der Waals surface area contributed by atoms with E-state index in [2.05, 4.69) is 58.2 Å². The molecule has 1 aromatic carbocycles. The SMILES string of the molecule is CCNCc1ccc(N2CCC(C)CC2)cc1Br. The van der Waals surface area contributed by atoms with Crippen LogP contribution < -0.4 is 10.2 Å². The minimum absolute atomic E-state index is 0.887. The van der Waals surface area contributed by atoms with Gasteiger partial charge >= 0.3 is 0 Å². The van der Waals surface area contributed by atoms with E-state index in [0.29, 0.717) is 0 Å². The Morgan fingerprint density at radius 3 is 2.67 bits per heavy atom. The fraction of sp³-hybridized carbons (Fsp3) is 0.600. The highest BCUT2D eigenvalue weighted by molar-refractivity contribution is 9.10. The van der Waals surface area contributed by atoms with Crippen molar-refractivity contribution in [1.29, 1.82) is 0 Å². The maximum Gasteiger partial charge on any atom is 0.0377 e. The lowest BCUT2D eigenvalue weighted by Gasteiger charge is -2.32. The molecule has 3 heteroatoms. The number of nitrogens with zero attached hydrogens (tertiary/aromatic N) is 1. The number of hydrogen-bond acceptors (Lipinski definition) is 2. The van der Waals surface area contributed by atoms with Crippen LogP contribution in [0.3, 0.4) is 0 Å². The Hall–Kier alpha value is -0.540. The first kappa shape index (κ1) is 13.9. The highest BCUT2D eigenvalue weighted by Crippen LogP contribution is 2.27. The smallest absolute Gasteiger partial charge is 0.0377 e. The van der Waals surface area contributed by atoms with E-state index in [1.165, 1.54) is 41.7 Å². The van der Waals surface area contributed by atoms with E-state index >= 15 is 0 Å². The Kier molecular flexibility index (Phi) is 5.07. The summed E-state index contributed by atoms with van der Waals surface area (Å²) >= 11 is 3.69. The van der Waals surface area contributed by atoms with Crippen molar-refractivity contribution < 1.29 is 0 Å². The summed E-state index contributed by atoms with van der Waals surface area (Å²) in [5, 5.41) is 3.37. The average molecular weight is 311 g/mol. The van der Waals surface area contributed by atoms with Gasteiger partial charge in [0.15, 0.2) is 0 Å². The summed E-state index contributed by atoms with van der Waals surface area (Å²) < 4.78 is 1.22. The van der Waals surface area contributed by atoms with E-state index in [1.807, 2.05) is 0 Å². The third-order valence-electron chi connectivity index (χ3n) is 3.75. The molecule has 0 unspecified atom stereocenters. The van der Waals surface area contributed by atoms with Gasteiger partial charge in [0.1, 0.15) is 0 Å². The zero-order valence-corrected chi connectivity index (χ0v) is 13.0. The lowest BCUT2D eigenvalue weighted by Crippen LogP contribution is -2.32. The van der Waals surface area contributed by atoms with Crippen LogP contribution in [0.15, 0.2) is 22.7 Å². The molecule has 18 heavy (non-hydrogen) atoms. The van der Waals surface area contributed by atoms with Gasteiger partial charge in [0.2, 0.25) is 0 Å². The van der Waals surface area contributed by atoms with Crippen LogP contribution in [0.4, 0.5) is 5.69 Å². The van der Waals surface area contributed by atoms with E-state index in [0.717, 1.165) is 19.0 Å². The normalized spacial score (nSPS) is 17.2. The van der Waals surface area contributed by atoms with E-state index < -0.39 is 0 Å². The molecule has 1 N–H and O–H groups in total. The molecule has 1 fully saturated rings. The van der Waals surface area contributed by atoms with Crippen LogP contribution in [0.25, 0.3) is 0 Å². The maximum absolute atomic E-state index is 3.69. The van der Waals surface area contributed by atoms with Crippen molar-refractivity contribution in [3.05, 3.63) is 28.2 Å². The second kappa shape index (κ2) is 6.58. The van der Waals surface area contributed by atoms with Gasteiger partial charge in [0, 0.05) is 29.8 Å². The number of benzene rings is 1. The molecule has 0 amide bonds. The maximum atomic E-state index is 3.69. The largest absolute Gasteiger partial charge is 0.371 e. The Labute approximate surface area is 119 Å². The van der Waals surface area contributed by atoms with Gasteiger partial charge in [-0.1, -0.05) is 35.8 Å². The van der Waals surface area contributed by atoms with Gasteiger partial charge < -0.3 is 10.2 Å². The van der Waals surface area contributed by atoms with Crippen LogP contribution in [-0.4, -0.2) is 19.6 Å². The summed E-state index contributed by atoms with van der Waals surface area (Å²) in [6.07, 6.45) is 2.63. The third-order valence-corrected chi connectivity index (χ3v) is 4.49. The molecule has 0 saturated carbocycles. The van der Waals surface area contributed by atoms with Crippen molar-refractivity contribution in [2.45, 2.75) is 33.2 Å². The second-order valence-electron chi connectivity index (χ2n) is 5.23. The van der Waals surface area contributed by atoms with Crippen molar-refractivity contribution in [3.8, 4) is 0 Å². The first-order chi connectivity index (χ1) is 8.70. The van der Waals surface area contributed by atoms with E-state index in [1.54, 1.807) is 0 Å². The van der Waals surface area contributed by atoms with Gasteiger partial charge in [-0.25, -0.2) is 0 Å². The lowest BCUT2D eigenvalue weighted by molar-refractivity contribution is 0.438. The molecule has 100 valence electrons. The molecule has 1 heterocycles. The van der Waals surface area contributed by atoms with Crippen LogP contribution in [-0.2, 0) is 6.54 Å². The summed E-state index contributed by atoms with van der Waals surface area (Å²) in [7, 11) is 0. The van der Waals surface area contributed by atoms with Gasteiger partial charge in [-0.2, -0.15) is 0 Å². The van der Waals surface area contributed by atoms with Crippen LogP contribution in [0.1, 0.15) is 32.3 Å². The molecule has 0 spiro atoms. The van der Waals surface area contributed by atoms with Crippen LogP contribution in [0.5, 0.6) is 0 Å². The standard InChI is InChI=1S/C15H23BrN2/c1-3-17-11-13-4-5-14(10-15(13)16)18-8-6-12(2)7-9-18/h4-5,10,12,17H,3,6-9,11H2,1-2H3. The third kappa shape index (κ3) is 3.48. The fourth-order valence-electron chi connectivity index (χ4n) is 2.40. The zero-order chi connectivity index (χ0) is 13.0. The predicted molar refractivity (Wildman–Crippen MR) is 82.1 cm³/mol. The molecule has 0 atom stereocenters. The van der Waals surface area contributed by atoms with Gasteiger partial charge in [-0.15, -0.1) is 0 Å². The number of anilines is 1. The summed E-state index contributed by atoms with van der Waals surface area (Å²) in [5.74, 6) is 0.887. The molecular formula is C15H23BrN2. The van der Waals surface area contributed by atoms with Crippen molar-refractivity contribution in [2.24, 2.45) is 5.92 Å². The molecule has 2 rings (SSSR count). The van der Waals surface area contributed by atoms with Gasteiger partial charge in [-0.3, -0.25) is 0 Å². The minimum atomic E-state index is 0.887. The Bertz CT molecular complexity index is 384. The molecular weight excluding hydrogens is 288 g/mol. The molecule has 1 aliphatic rings. The second-order valence-corrected chi connectivity index (χ2v) is 6.08. The Morgan fingerprint density at radius 1 is 1.33 bits per heavy atom. The first-order valence-corrected chi connectivity index (χ1v) is 7.74. The van der Waals surface area contributed by atoms with E-state index in [-0.39, 0.29) is 0 Å². The number of nitrogens with one attached hydrogen (secondary N) is 1. The minimum Gasteiger partial charge on any atom is -0.371 e. The number of halogens is 1. The monoisotopic (exact) mass is 310 g/mol. The molecule has 1 aliphatic heterocycles. The van der Waals surface area contributed by atoms with Crippen molar-refractivity contribution >= 4 is 21.6 Å². The van der Waals surface area contributed by atoms with E-state index in [9.17, 15) is 0 Å². The number of hydrogen-bond donors (Lipinski definition) is 1. The van der Waals surface area contributed by atoms with Gasteiger partial charge in [0.25, 0.3) is 0 Å². The van der Waals surface area contributed by atoms with Crippen LogP contribution in [0, 0.1) is 5.92 Å². The average Bonchev–Trinajstić information content (AvgIpc) is 2.38. The van der Waals surface area contributed by atoms with Crippen molar-refractivity contribution in [2.75, 3.05) is 24.5 Å². The first-order valence-electron chi connectivity index (χ1n) is 6.94. The molecule has 0 radical (unpaired) electrons. The van der Waals surface area contributed by atoms with Crippen molar-refractivity contribution in [1.82, 2.24) is 5.32 Å². The lowest BCUT2D eigenvalue weighted by atomic mass is 9.99. The van der Waals surface area contributed by atoms with E-state index in [4.69, 9.17) is 0 Å². The molecule has 2 nitrogen and oxygen atoms in total. The molecule has 0 aromatic heterocycles. The van der Waals surface area contributed by atoms with Gasteiger partial charge in [0.05, 0.1) is 0 Å². The highest BCUT2D eigenvalue weighted by atomic mass is 79.9. The summed E-state index contributed by atoms with van der Waals surface area (Å²) in [6, 6.07) is 6.76. The summed E-state index contributed by atoms with van der Waals surface area (Å²) in [4.78, 5) is 2.50. The Balaban J connectivity index is 2.04. The molecule has 0 bridgehead atoms. The summed E-state index contributed by atoms with van der Waals surface area (Å²) in [5.41, 5.74) is 2.69. The van der Waals surface area contributed by atoms with Crippen LogP contribution in [0.2, 0.25) is 0 Å². The van der Waals surface area contributed by atoms with Crippen molar-refractivity contribution in [3.63, 3.8) is 0 Å². The highest BCUT2D eigenvalue weighted by Gasteiger charge is 2.16. The molecule has 0 aliphatic carbocycles. The molecule has 1 saturated heterocycles. The predicted octanol–water partition coefficient (Wildman–Crippen LogP) is 3.79. The number of rotatable bonds is 4.